The van der Waals surface area contributed by atoms with E-state index in [0.717, 1.165) is 37.0 Å². The van der Waals surface area contributed by atoms with Gasteiger partial charge < -0.3 is 14.0 Å². The third kappa shape index (κ3) is 4.80. The molecule has 2 aromatic carbocycles. The number of rotatable bonds is 8. The zero-order valence-corrected chi connectivity index (χ0v) is 17.4. The number of nitrogens with one attached hydrogen (secondary N) is 1. The predicted octanol–water partition coefficient (Wildman–Crippen LogP) is 3.01. The van der Waals surface area contributed by atoms with E-state index in [2.05, 4.69) is 14.9 Å². The van der Waals surface area contributed by atoms with Crippen LogP contribution in [0.15, 0.2) is 51.9 Å². The number of sulfonamides is 1. The van der Waals surface area contributed by atoms with Crippen molar-refractivity contribution in [1.82, 2.24) is 14.9 Å². The lowest BCUT2D eigenvalue weighted by Crippen LogP contribution is -2.24. The molecule has 0 amide bonds. The number of nitrogens with zero attached hydrogens (tertiary/aromatic N) is 2. The highest BCUT2D eigenvalue weighted by atomic mass is 32.2. The number of fused-ring (bicyclic) bond motifs is 1. The van der Waals surface area contributed by atoms with E-state index in [-0.39, 0.29) is 23.9 Å². The molecular weight excluding hydrogens is 406 g/mol. The van der Waals surface area contributed by atoms with Gasteiger partial charge in [-0.15, -0.1) is 0 Å². The standard InChI is InChI=1S/C21H23N3O5S/c1-27-17-7-9-18(10-8-17)28-14-20-23-21(29-24-20)13-22-30(25,26)19-11-6-15-4-2-3-5-16(15)12-19/h6-12,22H,2-5,13-14H2,1H3. The summed E-state index contributed by atoms with van der Waals surface area (Å²) >= 11 is 0. The first-order chi connectivity index (χ1) is 14.5. The summed E-state index contributed by atoms with van der Waals surface area (Å²) in [7, 11) is -2.07. The van der Waals surface area contributed by atoms with Crippen LogP contribution in [0.3, 0.4) is 0 Å². The highest BCUT2D eigenvalue weighted by Crippen LogP contribution is 2.24. The average Bonchev–Trinajstić information content (AvgIpc) is 3.24. The second-order valence-corrected chi connectivity index (χ2v) is 8.80. The lowest BCUT2D eigenvalue weighted by atomic mass is 9.92. The van der Waals surface area contributed by atoms with Crippen LogP contribution in [0.5, 0.6) is 11.5 Å². The van der Waals surface area contributed by atoms with Crippen LogP contribution in [0.4, 0.5) is 0 Å². The fraction of sp³-hybridized carbons (Fsp3) is 0.333. The van der Waals surface area contributed by atoms with Crippen molar-refractivity contribution in [3.63, 3.8) is 0 Å². The van der Waals surface area contributed by atoms with Crippen LogP contribution in [0.1, 0.15) is 35.7 Å². The first-order valence-electron chi connectivity index (χ1n) is 9.73. The highest BCUT2D eigenvalue weighted by Gasteiger charge is 2.19. The number of hydrogen-bond donors (Lipinski definition) is 1. The average molecular weight is 429 g/mol. The van der Waals surface area contributed by atoms with Crippen LogP contribution in [0, 0.1) is 0 Å². The molecule has 0 saturated heterocycles. The summed E-state index contributed by atoms with van der Waals surface area (Å²) in [4.78, 5) is 4.43. The number of methoxy groups -OCH3 is 1. The minimum absolute atomic E-state index is 0.0883. The Morgan fingerprint density at radius 1 is 1.03 bits per heavy atom. The second kappa shape index (κ2) is 8.85. The first-order valence-corrected chi connectivity index (χ1v) is 11.2. The van der Waals surface area contributed by atoms with Crippen molar-refractivity contribution in [2.75, 3.05) is 7.11 Å². The number of hydrogen-bond acceptors (Lipinski definition) is 7. The lowest BCUT2D eigenvalue weighted by molar-refractivity contribution is 0.284. The molecule has 0 aliphatic heterocycles. The maximum atomic E-state index is 12.6. The molecule has 0 spiro atoms. The van der Waals surface area contributed by atoms with Crippen molar-refractivity contribution in [2.45, 2.75) is 43.7 Å². The summed E-state index contributed by atoms with van der Waals surface area (Å²) in [6, 6.07) is 12.4. The van der Waals surface area contributed by atoms with Gasteiger partial charge in [0.2, 0.25) is 21.7 Å². The quantitative estimate of drug-likeness (QED) is 0.587. The molecule has 1 aliphatic carbocycles. The minimum Gasteiger partial charge on any atom is -0.497 e. The van der Waals surface area contributed by atoms with Gasteiger partial charge in [0.1, 0.15) is 11.5 Å². The zero-order chi connectivity index (χ0) is 21.0. The molecule has 9 heteroatoms. The zero-order valence-electron chi connectivity index (χ0n) is 16.6. The molecule has 0 radical (unpaired) electrons. The molecule has 0 fully saturated rings. The van der Waals surface area contributed by atoms with Crippen molar-refractivity contribution in [3.05, 3.63) is 65.3 Å². The third-order valence-electron chi connectivity index (χ3n) is 4.98. The molecule has 1 heterocycles. The van der Waals surface area contributed by atoms with Gasteiger partial charge in [-0.3, -0.25) is 0 Å². The smallest absolute Gasteiger partial charge is 0.241 e. The Morgan fingerprint density at radius 2 is 1.77 bits per heavy atom. The van der Waals surface area contributed by atoms with Crippen LogP contribution in [-0.4, -0.2) is 25.7 Å². The topological polar surface area (TPSA) is 104 Å². The van der Waals surface area contributed by atoms with Gasteiger partial charge in [-0.2, -0.15) is 4.98 Å². The molecule has 30 heavy (non-hydrogen) atoms. The third-order valence-corrected chi connectivity index (χ3v) is 6.38. The summed E-state index contributed by atoms with van der Waals surface area (Å²) in [6.45, 7) is 0.0162. The fourth-order valence-corrected chi connectivity index (χ4v) is 4.38. The van der Waals surface area contributed by atoms with Gasteiger partial charge in [-0.25, -0.2) is 13.1 Å². The predicted molar refractivity (Wildman–Crippen MR) is 109 cm³/mol. The second-order valence-electron chi connectivity index (χ2n) is 7.03. The summed E-state index contributed by atoms with van der Waals surface area (Å²) in [5, 5.41) is 3.83. The van der Waals surface area contributed by atoms with Gasteiger partial charge in [0.25, 0.3) is 0 Å². The Balaban J connectivity index is 1.34. The number of aryl methyl sites for hydroxylation is 2. The normalized spacial score (nSPS) is 13.6. The monoisotopic (exact) mass is 429 g/mol. The Bertz CT molecular complexity index is 1110. The maximum Gasteiger partial charge on any atom is 0.241 e. The molecule has 4 rings (SSSR count). The van der Waals surface area contributed by atoms with Crippen molar-refractivity contribution in [3.8, 4) is 11.5 Å². The van der Waals surface area contributed by atoms with Crippen LogP contribution >= 0.6 is 0 Å². The lowest BCUT2D eigenvalue weighted by Gasteiger charge is -2.16. The number of aromatic nitrogens is 2. The Kier molecular flexibility index (Phi) is 6.01. The summed E-state index contributed by atoms with van der Waals surface area (Å²) < 4.78 is 43.6. The Hall–Kier alpha value is -2.91. The van der Waals surface area contributed by atoms with Crippen LogP contribution in [0.2, 0.25) is 0 Å². The van der Waals surface area contributed by atoms with E-state index >= 15 is 0 Å². The molecule has 0 saturated carbocycles. The van der Waals surface area contributed by atoms with E-state index in [1.807, 2.05) is 6.07 Å². The molecule has 3 aromatic rings. The van der Waals surface area contributed by atoms with Crippen molar-refractivity contribution in [1.29, 1.82) is 0 Å². The van der Waals surface area contributed by atoms with Crippen LogP contribution in [-0.2, 0) is 36.0 Å². The number of benzene rings is 2. The van der Waals surface area contributed by atoms with Crippen LogP contribution < -0.4 is 14.2 Å². The van der Waals surface area contributed by atoms with Gasteiger partial charge in [-0.05, 0) is 73.2 Å². The summed E-state index contributed by atoms with van der Waals surface area (Å²) in [5.41, 5.74) is 2.35. The van der Waals surface area contributed by atoms with E-state index in [4.69, 9.17) is 14.0 Å². The first kappa shape index (κ1) is 20.4. The van der Waals surface area contributed by atoms with E-state index < -0.39 is 10.0 Å². The molecule has 0 unspecified atom stereocenters. The molecule has 0 bridgehead atoms. The molecule has 1 aromatic heterocycles. The maximum absolute atomic E-state index is 12.6. The fourth-order valence-electron chi connectivity index (χ4n) is 3.36. The van der Waals surface area contributed by atoms with Crippen LogP contribution in [0.25, 0.3) is 0 Å². The highest BCUT2D eigenvalue weighted by molar-refractivity contribution is 7.89. The largest absolute Gasteiger partial charge is 0.497 e. The molecule has 0 atom stereocenters. The Labute approximate surface area is 175 Å². The molecule has 1 aliphatic rings. The van der Waals surface area contributed by atoms with Gasteiger partial charge in [0.05, 0.1) is 18.6 Å². The van der Waals surface area contributed by atoms with Gasteiger partial charge in [0.15, 0.2) is 6.61 Å². The van der Waals surface area contributed by atoms with Crippen molar-refractivity contribution < 1.29 is 22.4 Å². The molecule has 1 N–H and O–H groups in total. The van der Waals surface area contributed by atoms with Gasteiger partial charge in [-0.1, -0.05) is 11.2 Å². The van der Waals surface area contributed by atoms with Crippen molar-refractivity contribution in [2.24, 2.45) is 0 Å². The van der Waals surface area contributed by atoms with Crippen molar-refractivity contribution >= 4 is 10.0 Å². The molecule has 158 valence electrons. The van der Waals surface area contributed by atoms with E-state index in [9.17, 15) is 8.42 Å². The van der Waals surface area contributed by atoms with E-state index in [1.54, 1.807) is 43.5 Å². The minimum atomic E-state index is -3.67. The molecule has 8 nitrogen and oxygen atoms in total. The van der Waals surface area contributed by atoms with E-state index in [0.29, 0.717) is 11.6 Å². The Morgan fingerprint density at radius 3 is 2.53 bits per heavy atom. The van der Waals surface area contributed by atoms with Gasteiger partial charge in [0, 0.05) is 0 Å². The molecular formula is C21H23N3O5S. The number of ether oxygens (including phenoxy) is 2. The summed E-state index contributed by atoms with van der Waals surface area (Å²) in [5.74, 6) is 1.87. The summed E-state index contributed by atoms with van der Waals surface area (Å²) in [6.07, 6.45) is 4.17. The van der Waals surface area contributed by atoms with E-state index in [1.165, 1.54) is 5.56 Å². The SMILES string of the molecule is COc1ccc(OCc2noc(CNS(=O)(=O)c3ccc4c(c3)CCCC4)n2)cc1. The van der Waals surface area contributed by atoms with Gasteiger partial charge >= 0.3 is 0 Å².